The van der Waals surface area contributed by atoms with Crippen LogP contribution in [-0.2, 0) is 4.79 Å². The van der Waals surface area contributed by atoms with Crippen LogP contribution in [-0.4, -0.2) is 39.6 Å². The summed E-state index contributed by atoms with van der Waals surface area (Å²) in [5, 5.41) is 4.67. The van der Waals surface area contributed by atoms with E-state index < -0.39 is 0 Å². The highest BCUT2D eigenvalue weighted by Crippen LogP contribution is 2.40. The Morgan fingerprint density at radius 3 is 2.50 bits per heavy atom. The van der Waals surface area contributed by atoms with Crippen LogP contribution in [0.5, 0.6) is 0 Å². The number of carbonyl (C=O) groups excluding carboxylic acids is 2. The third-order valence-corrected chi connectivity index (χ3v) is 4.82. The van der Waals surface area contributed by atoms with E-state index in [0.717, 1.165) is 24.2 Å². The van der Waals surface area contributed by atoms with E-state index >= 15 is 0 Å². The first-order valence-corrected chi connectivity index (χ1v) is 8.37. The van der Waals surface area contributed by atoms with Gasteiger partial charge in [-0.2, -0.15) is 5.10 Å². The van der Waals surface area contributed by atoms with Crippen molar-refractivity contribution >= 4 is 11.8 Å². The molecule has 6 nitrogen and oxygen atoms in total. The largest absolute Gasteiger partial charge is 0.369 e. The Kier molecular flexibility index (Phi) is 3.59. The summed E-state index contributed by atoms with van der Waals surface area (Å²) in [5.41, 5.74) is 7.79. The lowest BCUT2D eigenvalue weighted by atomic mass is 10.1. The molecule has 0 unspecified atom stereocenters. The molecule has 2 aromatic rings. The maximum atomic E-state index is 13.0. The summed E-state index contributed by atoms with van der Waals surface area (Å²) in [6.45, 7) is 0.956. The van der Waals surface area contributed by atoms with Gasteiger partial charge in [-0.05, 0) is 37.5 Å². The Hall–Kier alpha value is -2.63. The third-order valence-electron chi connectivity index (χ3n) is 4.82. The van der Waals surface area contributed by atoms with E-state index in [1.807, 2.05) is 36.4 Å². The highest BCUT2D eigenvalue weighted by Gasteiger charge is 2.34. The number of likely N-dealkylation sites (tertiary alicyclic amines) is 1. The molecule has 2 N–H and O–H groups in total. The second kappa shape index (κ2) is 5.78. The van der Waals surface area contributed by atoms with Crippen molar-refractivity contribution in [3.05, 3.63) is 47.8 Å². The van der Waals surface area contributed by atoms with Gasteiger partial charge in [0.05, 0.1) is 17.3 Å². The van der Waals surface area contributed by atoms with Gasteiger partial charge in [0.15, 0.2) is 0 Å². The molecule has 1 atom stereocenters. The Morgan fingerprint density at radius 2 is 1.88 bits per heavy atom. The summed E-state index contributed by atoms with van der Waals surface area (Å²) in [5.74, 6) is -0.189. The van der Waals surface area contributed by atoms with Crippen LogP contribution < -0.4 is 5.73 Å². The molecule has 2 aliphatic rings. The minimum atomic E-state index is -0.333. The highest BCUT2D eigenvalue weighted by atomic mass is 16.2. The van der Waals surface area contributed by atoms with Crippen molar-refractivity contribution in [1.82, 2.24) is 14.7 Å². The first kappa shape index (κ1) is 14.9. The number of para-hydroxylation sites is 1. The molecule has 1 aromatic heterocycles. The lowest BCUT2D eigenvalue weighted by Crippen LogP contribution is -2.32. The third kappa shape index (κ3) is 2.68. The Bertz CT molecular complexity index is 780. The number of nitrogens with two attached hydrogens (primary N) is 1. The smallest absolute Gasteiger partial charge is 0.272 e. The van der Waals surface area contributed by atoms with Crippen molar-refractivity contribution in [2.45, 2.75) is 25.2 Å². The fraction of sp³-hybridized carbons (Fsp3) is 0.389. The molecule has 6 heteroatoms. The van der Waals surface area contributed by atoms with Crippen molar-refractivity contribution in [3.8, 4) is 5.69 Å². The molecule has 2 heterocycles. The van der Waals surface area contributed by atoms with E-state index in [1.165, 1.54) is 0 Å². The molecule has 1 saturated carbocycles. The Morgan fingerprint density at radius 1 is 1.12 bits per heavy atom. The minimum absolute atomic E-state index is 0.0815. The van der Waals surface area contributed by atoms with Gasteiger partial charge in [-0.25, -0.2) is 4.68 Å². The summed E-state index contributed by atoms with van der Waals surface area (Å²) < 4.78 is 1.73. The summed E-state index contributed by atoms with van der Waals surface area (Å²) >= 11 is 0. The molecule has 2 fully saturated rings. The number of hydrogen-bond acceptors (Lipinski definition) is 3. The quantitative estimate of drug-likeness (QED) is 0.929. The highest BCUT2D eigenvalue weighted by molar-refractivity contribution is 5.94. The maximum absolute atomic E-state index is 13.0. The van der Waals surface area contributed by atoms with E-state index in [1.54, 1.807) is 9.58 Å². The number of benzene rings is 1. The molecule has 0 bridgehead atoms. The molecule has 1 aliphatic carbocycles. The number of carbonyl (C=O) groups is 2. The van der Waals surface area contributed by atoms with Crippen LogP contribution >= 0.6 is 0 Å². The first-order valence-electron chi connectivity index (χ1n) is 8.37. The standard InChI is InChI=1S/C18H20N4O2/c19-17(23)13-8-9-21(11-13)18(24)16-10-15(12-6-7-12)20-22(16)14-4-2-1-3-5-14/h1-5,10,12-13H,6-9,11H2,(H2,19,23)/t13-/m0/s1. The number of aromatic nitrogens is 2. The van der Waals surface area contributed by atoms with Crippen LogP contribution in [0.2, 0.25) is 0 Å². The van der Waals surface area contributed by atoms with Gasteiger partial charge in [0, 0.05) is 19.0 Å². The van der Waals surface area contributed by atoms with Crippen molar-refractivity contribution < 1.29 is 9.59 Å². The van der Waals surface area contributed by atoms with Crippen LogP contribution in [0.3, 0.4) is 0 Å². The van der Waals surface area contributed by atoms with E-state index in [4.69, 9.17) is 5.73 Å². The van der Waals surface area contributed by atoms with Gasteiger partial charge in [-0.15, -0.1) is 0 Å². The van der Waals surface area contributed by atoms with Gasteiger partial charge >= 0.3 is 0 Å². The monoisotopic (exact) mass is 324 g/mol. The molecule has 24 heavy (non-hydrogen) atoms. The lowest BCUT2D eigenvalue weighted by molar-refractivity contribution is -0.121. The topological polar surface area (TPSA) is 81.2 Å². The van der Waals surface area contributed by atoms with Gasteiger partial charge < -0.3 is 10.6 Å². The SMILES string of the molecule is NC(=O)[C@H]1CCN(C(=O)c2cc(C3CC3)nn2-c2ccccc2)C1. The van der Waals surface area contributed by atoms with Crippen LogP contribution in [0.25, 0.3) is 5.69 Å². The minimum Gasteiger partial charge on any atom is -0.369 e. The van der Waals surface area contributed by atoms with E-state index in [-0.39, 0.29) is 17.7 Å². The number of primary amides is 1. The number of rotatable bonds is 4. The van der Waals surface area contributed by atoms with Crippen LogP contribution in [0.1, 0.15) is 41.4 Å². The molecule has 1 aliphatic heterocycles. The molecule has 1 aromatic carbocycles. The number of amides is 2. The van der Waals surface area contributed by atoms with E-state index in [0.29, 0.717) is 31.1 Å². The predicted octanol–water partition coefficient (Wildman–Crippen LogP) is 1.70. The normalized spacial score (nSPS) is 20.3. The summed E-state index contributed by atoms with van der Waals surface area (Å²) in [7, 11) is 0. The summed E-state index contributed by atoms with van der Waals surface area (Å²) in [4.78, 5) is 26.1. The zero-order valence-corrected chi connectivity index (χ0v) is 13.4. The van der Waals surface area contributed by atoms with Gasteiger partial charge in [0.2, 0.25) is 5.91 Å². The van der Waals surface area contributed by atoms with Crippen molar-refractivity contribution in [3.63, 3.8) is 0 Å². The number of hydrogen-bond donors (Lipinski definition) is 1. The van der Waals surface area contributed by atoms with Gasteiger partial charge in [-0.3, -0.25) is 9.59 Å². The summed E-state index contributed by atoms with van der Waals surface area (Å²) in [6.07, 6.45) is 2.90. The molecule has 1 saturated heterocycles. The van der Waals surface area contributed by atoms with Crippen LogP contribution in [0.4, 0.5) is 0 Å². The first-order chi connectivity index (χ1) is 11.6. The predicted molar refractivity (Wildman–Crippen MR) is 88.7 cm³/mol. The van der Waals surface area contributed by atoms with Crippen molar-refractivity contribution in [2.75, 3.05) is 13.1 Å². The molecular formula is C18H20N4O2. The van der Waals surface area contributed by atoms with Crippen LogP contribution in [0.15, 0.2) is 36.4 Å². The fourth-order valence-corrected chi connectivity index (χ4v) is 3.24. The lowest BCUT2D eigenvalue weighted by Gasteiger charge is -2.16. The van der Waals surface area contributed by atoms with Gasteiger partial charge in [0.25, 0.3) is 5.91 Å². The van der Waals surface area contributed by atoms with Gasteiger partial charge in [0.1, 0.15) is 5.69 Å². The van der Waals surface area contributed by atoms with Crippen LogP contribution in [0, 0.1) is 5.92 Å². The average Bonchev–Trinajstić information content (AvgIpc) is 3.15. The summed E-state index contributed by atoms with van der Waals surface area (Å²) in [6, 6.07) is 11.6. The maximum Gasteiger partial charge on any atom is 0.272 e. The molecular weight excluding hydrogens is 304 g/mol. The average molecular weight is 324 g/mol. The molecule has 124 valence electrons. The molecule has 2 amide bonds. The van der Waals surface area contributed by atoms with Crippen molar-refractivity contribution in [2.24, 2.45) is 11.7 Å². The zero-order valence-electron chi connectivity index (χ0n) is 13.4. The van der Waals surface area contributed by atoms with E-state index in [9.17, 15) is 9.59 Å². The van der Waals surface area contributed by atoms with Gasteiger partial charge in [-0.1, -0.05) is 18.2 Å². The number of nitrogens with zero attached hydrogens (tertiary/aromatic N) is 3. The molecule has 0 spiro atoms. The molecule has 0 radical (unpaired) electrons. The Balaban J connectivity index is 1.66. The molecule has 4 rings (SSSR count). The second-order valence-corrected chi connectivity index (χ2v) is 6.62. The van der Waals surface area contributed by atoms with E-state index in [2.05, 4.69) is 5.10 Å². The fourth-order valence-electron chi connectivity index (χ4n) is 3.24. The second-order valence-electron chi connectivity index (χ2n) is 6.62. The van der Waals surface area contributed by atoms with Crippen molar-refractivity contribution in [1.29, 1.82) is 0 Å². The Labute approximate surface area is 140 Å². The zero-order chi connectivity index (χ0) is 16.7.